The molecule has 2 fully saturated rings. The van der Waals surface area contributed by atoms with Crippen molar-refractivity contribution in [2.75, 3.05) is 25.0 Å². The number of benzene rings is 2. The number of rotatable bonds is 9. The lowest BCUT2D eigenvalue weighted by molar-refractivity contribution is 0.0797. The van der Waals surface area contributed by atoms with Crippen molar-refractivity contribution in [3.8, 4) is 0 Å². The second-order valence-corrected chi connectivity index (χ2v) is 13.0. The molecule has 1 aliphatic carbocycles. The molecule has 2 atom stereocenters. The molecule has 206 valence electrons. The van der Waals surface area contributed by atoms with Crippen LogP contribution < -0.4 is 5.32 Å². The number of hydrogen-bond acceptors (Lipinski definition) is 6. The highest BCUT2D eigenvalue weighted by atomic mass is 32.2. The summed E-state index contributed by atoms with van der Waals surface area (Å²) in [6.07, 6.45) is 5.24. The average Bonchev–Trinajstić information content (AvgIpc) is 3.70. The van der Waals surface area contributed by atoms with Crippen LogP contribution in [0.15, 0.2) is 52.9 Å². The Morgan fingerprint density at radius 1 is 1.11 bits per heavy atom. The summed E-state index contributed by atoms with van der Waals surface area (Å²) in [6, 6.07) is 15.1. The number of likely N-dealkylation sites (tertiary alicyclic amines) is 1. The van der Waals surface area contributed by atoms with Crippen molar-refractivity contribution >= 4 is 21.6 Å². The summed E-state index contributed by atoms with van der Waals surface area (Å²) >= 11 is 0. The van der Waals surface area contributed by atoms with E-state index >= 15 is 0 Å². The van der Waals surface area contributed by atoms with Crippen LogP contribution in [0, 0.1) is 5.82 Å². The highest BCUT2D eigenvalue weighted by molar-refractivity contribution is 7.90. The second kappa shape index (κ2) is 10.9. The molecule has 7 nitrogen and oxygen atoms in total. The molecule has 2 aromatic rings. The van der Waals surface area contributed by atoms with Crippen LogP contribution in [0.5, 0.6) is 0 Å². The van der Waals surface area contributed by atoms with Crippen molar-refractivity contribution in [1.82, 2.24) is 4.90 Å². The van der Waals surface area contributed by atoms with E-state index in [0.717, 1.165) is 37.7 Å². The number of nitrogens with one attached hydrogen (secondary N) is 1. The van der Waals surface area contributed by atoms with E-state index < -0.39 is 32.6 Å². The fourth-order valence-electron chi connectivity index (χ4n) is 5.96. The number of ether oxygens (including phenoxy) is 1. The average molecular weight is 544 g/mol. The van der Waals surface area contributed by atoms with Crippen LogP contribution in [-0.2, 0) is 14.8 Å². The van der Waals surface area contributed by atoms with Crippen LogP contribution in [-0.4, -0.2) is 61.7 Å². The summed E-state index contributed by atoms with van der Waals surface area (Å²) in [5.41, 5.74) is 0.922. The Hall–Kier alpha value is -2.49. The molecule has 0 amide bonds. The molecule has 1 unspecified atom stereocenters. The lowest BCUT2D eigenvalue weighted by Crippen LogP contribution is -2.43. The number of sulfonamides is 1. The van der Waals surface area contributed by atoms with Gasteiger partial charge >= 0.3 is 0 Å². The zero-order chi connectivity index (χ0) is 26.9. The summed E-state index contributed by atoms with van der Waals surface area (Å²) in [6.45, 7) is 5.58. The molecule has 2 aromatic carbocycles. The Kier molecular flexibility index (Phi) is 7.80. The first-order valence-electron chi connectivity index (χ1n) is 13.6. The maximum absolute atomic E-state index is 14.4. The third-order valence-corrected chi connectivity index (χ3v) is 9.85. The van der Waals surface area contributed by atoms with Gasteiger partial charge in [-0.25, -0.2) is 12.8 Å². The van der Waals surface area contributed by atoms with Crippen molar-refractivity contribution in [1.29, 1.82) is 0 Å². The van der Waals surface area contributed by atoms with E-state index in [-0.39, 0.29) is 25.3 Å². The number of anilines is 1. The van der Waals surface area contributed by atoms with Gasteiger partial charge in [-0.1, -0.05) is 30.3 Å². The second-order valence-electron chi connectivity index (χ2n) is 11.3. The molecule has 5 rings (SSSR count). The summed E-state index contributed by atoms with van der Waals surface area (Å²) in [5, 5.41) is 12.2. The van der Waals surface area contributed by atoms with Gasteiger partial charge in [-0.05, 0) is 81.2 Å². The van der Waals surface area contributed by atoms with Gasteiger partial charge in [0.25, 0.3) is 10.0 Å². The van der Waals surface area contributed by atoms with Crippen LogP contribution in [0.2, 0.25) is 0 Å². The number of piperidine rings is 1. The third kappa shape index (κ3) is 6.05. The van der Waals surface area contributed by atoms with Crippen LogP contribution in [0.25, 0.3) is 0 Å². The zero-order valence-corrected chi connectivity index (χ0v) is 23.0. The number of aliphatic hydroxyl groups excluding tert-OH is 1. The van der Waals surface area contributed by atoms with Crippen molar-refractivity contribution in [3.63, 3.8) is 0 Å². The molecule has 0 radical (unpaired) electrons. The third-order valence-electron chi connectivity index (χ3n) is 7.96. The van der Waals surface area contributed by atoms with E-state index in [0.29, 0.717) is 17.2 Å². The minimum atomic E-state index is -3.95. The Bertz CT molecular complexity index is 1250. The van der Waals surface area contributed by atoms with E-state index in [1.54, 1.807) is 32.0 Å². The maximum atomic E-state index is 14.4. The molecule has 2 N–H and O–H groups in total. The lowest BCUT2D eigenvalue weighted by atomic mass is 9.91. The molecule has 1 saturated carbocycles. The lowest BCUT2D eigenvalue weighted by Gasteiger charge is -2.38. The molecule has 2 aliphatic heterocycles. The molecular formula is C29H38FN3O4S. The van der Waals surface area contributed by atoms with E-state index in [4.69, 9.17) is 4.74 Å². The van der Waals surface area contributed by atoms with Gasteiger partial charge in [-0.3, -0.25) is 0 Å². The molecule has 2 heterocycles. The summed E-state index contributed by atoms with van der Waals surface area (Å²) < 4.78 is 51.5. The first-order valence-corrected chi connectivity index (χ1v) is 15.1. The maximum Gasteiger partial charge on any atom is 0.267 e. The summed E-state index contributed by atoms with van der Waals surface area (Å²) in [4.78, 5) is 2.59. The first-order chi connectivity index (χ1) is 18.2. The van der Waals surface area contributed by atoms with E-state index in [2.05, 4.69) is 14.6 Å². The van der Waals surface area contributed by atoms with E-state index in [9.17, 15) is 17.9 Å². The minimum Gasteiger partial charge on any atom is -0.472 e. The van der Waals surface area contributed by atoms with Gasteiger partial charge in [0.05, 0.1) is 0 Å². The van der Waals surface area contributed by atoms with Gasteiger partial charge in [0.15, 0.2) is 0 Å². The quantitative estimate of drug-likeness (QED) is 0.463. The van der Waals surface area contributed by atoms with Gasteiger partial charge in [-0.2, -0.15) is 0 Å². The van der Waals surface area contributed by atoms with Gasteiger partial charge in [0.2, 0.25) is 5.90 Å². The Morgan fingerprint density at radius 3 is 2.39 bits per heavy atom. The fraction of sp³-hybridized carbons (Fsp3) is 0.552. The normalized spacial score (nSPS) is 24.3. The van der Waals surface area contributed by atoms with Gasteiger partial charge in [-0.15, -0.1) is 4.40 Å². The Balaban J connectivity index is 1.29. The molecule has 3 aliphatic rings. The van der Waals surface area contributed by atoms with E-state index in [1.165, 1.54) is 18.9 Å². The smallest absolute Gasteiger partial charge is 0.267 e. The predicted molar refractivity (Wildman–Crippen MR) is 147 cm³/mol. The topological polar surface area (TPSA) is 91.2 Å². The van der Waals surface area contributed by atoms with Gasteiger partial charge < -0.3 is 20.1 Å². The molecule has 1 saturated heterocycles. The van der Waals surface area contributed by atoms with Crippen LogP contribution >= 0.6 is 0 Å². The molecule has 38 heavy (non-hydrogen) atoms. The van der Waals surface area contributed by atoms with Crippen molar-refractivity contribution in [2.45, 2.75) is 81.2 Å². The fourth-order valence-corrected chi connectivity index (χ4v) is 7.73. The number of halogens is 1. The van der Waals surface area contributed by atoms with Crippen LogP contribution in [0.4, 0.5) is 10.1 Å². The molecule has 0 aromatic heterocycles. The molecule has 0 bridgehead atoms. The number of nitrogens with zero attached hydrogens (tertiary/aromatic N) is 2. The van der Waals surface area contributed by atoms with Gasteiger partial charge in [0, 0.05) is 43.9 Å². The highest BCUT2D eigenvalue weighted by Crippen LogP contribution is 2.42. The minimum absolute atomic E-state index is 0.0452. The Labute approximate surface area is 225 Å². The molecule has 0 spiro atoms. The van der Waals surface area contributed by atoms with Crippen molar-refractivity contribution in [2.24, 2.45) is 4.40 Å². The number of aliphatic hydroxyl groups is 1. The SMILES string of the molecule is CC1(C)OC(C[C@@H](CCO)c2ccccc2F)=NS(=O)(=O)C1c1ccc(NC2CCN(C3CC3)CC2)cc1. The summed E-state index contributed by atoms with van der Waals surface area (Å²) in [7, 11) is -3.95. The Morgan fingerprint density at radius 2 is 1.79 bits per heavy atom. The van der Waals surface area contributed by atoms with E-state index in [1.807, 2.05) is 24.3 Å². The number of hydrogen-bond donors (Lipinski definition) is 2. The monoisotopic (exact) mass is 543 g/mol. The summed E-state index contributed by atoms with van der Waals surface area (Å²) in [5.74, 6) is -0.808. The van der Waals surface area contributed by atoms with Crippen molar-refractivity contribution in [3.05, 3.63) is 65.5 Å². The predicted octanol–water partition coefficient (Wildman–Crippen LogP) is 5.00. The van der Waals surface area contributed by atoms with Crippen LogP contribution in [0.1, 0.15) is 74.7 Å². The van der Waals surface area contributed by atoms with Crippen molar-refractivity contribution < 1.29 is 22.7 Å². The zero-order valence-electron chi connectivity index (χ0n) is 22.1. The standard InChI is InChI=1S/C29H38FN3O4S/c1-29(2)28(20-7-9-22(10-8-20)31-23-13-16-33(17-14-23)24-11-12-24)38(35,36)32-27(37-29)19-21(15-18-34)25-5-3-4-6-26(25)30/h3-10,21,23-24,28,31,34H,11-19H2,1-2H3/t21-,28?/m1/s1. The highest BCUT2D eigenvalue weighted by Gasteiger charge is 2.47. The van der Waals surface area contributed by atoms with Gasteiger partial charge in [0.1, 0.15) is 16.7 Å². The molecular weight excluding hydrogens is 505 g/mol. The molecule has 9 heteroatoms. The first kappa shape index (κ1) is 27.1. The van der Waals surface area contributed by atoms with Crippen LogP contribution in [0.3, 0.4) is 0 Å². The largest absolute Gasteiger partial charge is 0.472 e.